The molecule has 0 fully saturated rings. The van der Waals surface area contributed by atoms with Crippen molar-refractivity contribution in [3.63, 3.8) is 0 Å². The van der Waals surface area contributed by atoms with Gasteiger partial charge in [0.15, 0.2) is 0 Å². The number of nitrogens with zero attached hydrogens (tertiary/aromatic N) is 5. The van der Waals surface area contributed by atoms with Crippen molar-refractivity contribution in [2.24, 2.45) is 0 Å². The molecule has 0 bridgehead atoms. The van der Waals surface area contributed by atoms with Gasteiger partial charge in [0.2, 0.25) is 0 Å². The molecule has 2 aromatic rings. The molecule has 1 aliphatic heterocycles. The fraction of sp³-hybridized carbons (Fsp3) is 0.467. The number of aromatic nitrogens is 4. The third kappa shape index (κ3) is 2.71. The molecule has 0 saturated heterocycles. The van der Waals surface area contributed by atoms with E-state index in [1.807, 2.05) is 15.8 Å². The molecule has 3 rings (SSSR count). The standard InChI is InChI=1S/C15H19N5O2/c1-3-20-9-12-7-19(8-13(10-22-2)14(12)18-20)15(21)11-4-5-16-17-6-11/h4-6,9,13H,3,7-8,10H2,1-2H3. The zero-order valence-electron chi connectivity index (χ0n) is 12.8. The summed E-state index contributed by atoms with van der Waals surface area (Å²) in [5, 5.41) is 12.1. The summed E-state index contributed by atoms with van der Waals surface area (Å²) in [5.41, 5.74) is 2.68. The first-order chi connectivity index (χ1) is 10.7. The van der Waals surface area contributed by atoms with Crippen LogP contribution in [0.15, 0.2) is 24.7 Å². The predicted molar refractivity (Wildman–Crippen MR) is 79.3 cm³/mol. The third-order valence-corrected chi connectivity index (χ3v) is 3.87. The maximum absolute atomic E-state index is 12.6. The number of methoxy groups -OCH3 is 1. The van der Waals surface area contributed by atoms with Gasteiger partial charge in [0.1, 0.15) is 0 Å². The minimum absolute atomic E-state index is 0.0362. The van der Waals surface area contributed by atoms with E-state index in [0.29, 0.717) is 25.3 Å². The van der Waals surface area contributed by atoms with Crippen molar-refractivity contribution in [1.29, 1.82) is 0 Å². The summed E-state index contributed by atoms with van der Waals surface area (Å²) in [6, 6.07) is 1.69. The van der Waals surface area contributed by atoms with Gasteiger partial charge in [0.25, 0.3) is 5.91 Å². The van der Waals surface area contributed by atoms with Gasteiger partial charge in [-0.3, -0.25) is 9.48 Å². The Morgan fingerprint density at radius 3 is 3.00 bits per heavy atom. The molecule has 0 N–H and O–H groups in total. The molecule has 22 heavy (non-hydrogen) atoms. The molecule has 116 valence electrons. The lowest BCUT2D eigenvalue weighted by molar-refractivity contribution is 0.0678. The monoisotopic (exact) mass is 301 g/mol. The Morgan fingerprint density at radius 2 is 2.32 bits per heavy atom. The molecule has 1 atom stereocenters. The highest BCUT2D eigenvalue weighted by Crippen LogP contribution is 2.28. The average Bonchev–Trinajstić information content (AvgIpc) is 2.98. The van der Waals surface area contributed by atoms with Gasteiger partial charge in [-0.25, -0.2) is 0 Å². The maximum Gasteiger partial charge on any atom is 0.255 e. The van der Waals surface area contributed by atoms with Gasteiger partial charge in [-0.1, -0.05) is 0 Å². The van der Waals surface area contributed by atoms with Crippen LogP contribution in [0.4, 0.5) is 0 Å². The molecule has 0 spiro atoms. The lowest BCUT2D eigenvalue weighted by Crippen LogP contribution is -2.39. The van der Waals surface area contributed by atoms with Gasteiger partial charge in [0.05, 0.1) is 30.3 Å². The second-order valence-electron chi connectivity index (χ2n) is 5.36. The highest BCUT2D eigenvalue weighted by atomic mass is 16.5. The van der Waals surface area contributed by atoms with Crippen LogP contribution in [0.1, 0.15) is 34.5 Å². The van der Waals surface area contributed by atoms with Crippen molar-refractivity contribution in [3.05, 3.63) is 41.5 Å². The van der Waals surface area contributed by atoms with Gasteiger partial charge in [0, 0.05) is 44.4 Å². The lowest BCUT2D eigenvalue weighted by atomic mass is 9.97. The summed E-state index contributed by atoms with van der Waals surface area (Å²) in [5.74, 6) is 0.0613. The van der Waals surface area contributed by atoms with E-state index in [0.717, 1.165) is 17.8 Å². The first-order valence-electron chi connectivity index (χ1n) is 7.34. The number of amides is 1. The highest BCUT2D eigenvalue weighted by Gasteiger charge is 2.31. The summed E-state index contributed by atoms with van der Waals surface area (Å²) in [6.45, 7) is 4.58. The fourth-order valence-corrected chi connectivity index (χ4v) is 2.82. The van der Waals surface area contributed by atoms with E-state index in [2.05, 4.69) is 22.2 Å². The van der Waals surface area contributed by atoms with E-state index >= 15 is 0 Å². The molecule has 7 heteroatoms. The summed E-state index contributed by atoms with van der Waals surface area (Å²) in [6.07, 6.45) is 5.05. The van der Waals surface area contributed by atoms with Gasteiger partial charge in [-0.15, -0.1) is 0 Å². The molecular weight excluding hydrogens is 282 g/mol. The molecule has 3 heterocycles. The van der Waals surface area contributed by atoms with Crippen molar-refractivity contribution in [3.8, 4) is 0 Å². The largest absolute Gasteiger partial charge is 0.384 e. The number of fused-ring (bicyclic) bond motifs is 1. The number of hydrogen-bond donors (Lipinski definition) is 0. The first kappa shape index (κ1) is 14.6. The SMILES string of the molecule is CCn1cc2c(n1)C(COC)CN(C(=O)c1ccnnc1)C2. The molecule has 1 aliphatic rings. The van der Waals surface area contributed by atoms with E-state index < -0.39 is 0 Å². The number of carbonyl (C=O) groups excluding carboxylic acids is 1. The van der Waals surface area contributed by atoms with Crippen LogP contribution in [0.3, 0.4) is 0 Å². The van der Waals surface area contributed by atoms with Crippen molar-refractivity contribution in [2.45, 2.75) is 25.9 Å². The number of aryl methyl sites for hydroxylation is 1. The number of ether oxygens (including phenoxy) is 1. The molecule has 0 radical (unpaired) electrons. The van der Waals surface area contributed by atoms with Crippen LogP contribution in [0.25, 0.3) is 0 Å². The van der Waals surface area contributed by atoms with Crippen molar-refractivity contribution >= 4 is 5.91 Å². The number of carbonyl (C=O) groups is 1. The fourth-order valence-electron chi connectivity index (χ4n) is 2.82. The third-order valence-electron chi connectivity index (χ3n) is 3.87. The van der Waals surface area contributed by atoms with Crippen LogP contribution in [0.2, 0.25) is 0 Å². The van der Waals surface area contributed by atoms with Gasteiger partial charge in [-0.05, 0) is 13.0 Å². The lowest BCUT2D eigenvalue weighted by Gasteiger charge is -2.31. The zero-order chi connectivity index (χ0) is 15.5. The van der Waals surface area contributed by atoms with Gasteiger partial charge >= 0.3 is 0 Å². The van der Waals surface area contributed by atoms with Crippen LogP contribution >= 0.6 is 0 Å². The van der Waals surface area contributed by atoms with E-state index in [4.69, 9.17) is 4.74 Å². The molecule has 7 nitrogen and oxygen atoms in total. The average molecular weight is 301 g/mol. The number of rotatable bonds is 4. The van der Waals surface area contributed by atoms with Crippen LogP contribution in [0.5, 0.6) is 0 Å². The second kappa shape index (κ2) is 6.23. The van der Waals surface area contributed by atoms with Gasteiger partial charge in [-0.2, -0.15) is 15.3 Å². The Kier molecular flexibility index (Phi) is 4.15. The smallest absolute Gasteiger partial charge is 0.255 e. The normalized spacial score (nSPS) is 17.4. The van der Waals surface area contributed by atoms with E-state index in [1.54, 1.807) is 13.2 Å². The summed E-state index contributed by atoms with van der Waals surface area (Å²) in [7, 11) is 1.67. The van der Waals surface area contributed by atoms with E-state index in [-0.39, 0.29) is 11.8 Å². The Hall–Kier alpha value is -2.28. The second-order valence-corrected chi connectivity index (χ2v) is 5.36. The summed E-state index contributed by atoms with van der Waals surface area (Å²) in [4.78, 5) is 14.4. The minimum atomic E-state index is -0.0362. The predicted octanol–water partition coefficient (Wildman–Crippen LogP) is 1.08. The van der Waals surface area contributed by atoms with Crippen molar-refractivity contribution in [1.82, 2.24) is 24.9 Å². The summed E-state index contributed by atoms with van der Waals surface area (Å²) >= 11 is 0. The molecule has 1 unspecified atom stereocenters. The topological polar surface area (TPSA) is 73.1 Å². The molecule has 0 aliphatic carbocycles. The van der Waals surface area contributed by atoms with Gasteiger partial charge < -0.3 is 9.64 Å². The first-order valence-corrected chi connectivity index (χ1v) is 7.34. The Labute approximate surface area is 128 Å². The molecule has 2 aromatic heterocycles. The Balaban J connectivity index is 1.88. The van der Waals surface area contributed by atoms with Crippen LogP contribution < -0.4 is 0 Å². The van der Waals surface area contributed by atoms with Crippen LogP contribution in [-0.2, 0) is 17.8 Å². The summed E-state index contributed by atoms with van der Waals surface area (Å²) < 4.78 is 7.22. The Bertz CT molecular complexity index is 655. The quantitative estimate of drug-likeness (QED) is 0.845. The molecule has 1 amide bonds. The molecule has 0 aromatic carbocycles. The van der Waals surface area contributed by atoms with Crippen molar-refractivity contribution in [2.75, 3.05) is 20.3 Å². The number of hydrogen-bond acceptors (Lipinski definition) is 5. The van der Waals surface area contributed by atoms with Crippen molar-refractivity contribution < 1.29 is 9.53 Å². The van der Waals surface area contributed by atoms with Crippen LogP contribution in [0, 0.1) is 0 Å². The van der Waals surface area contributed by atoms with Crippen LogP contribution in [-0.4, -0.2) is 51.0 Å². The molecule has 0 saturated carbocycles. The maximum atomic E-state index is 12.6. The van der Waals surface area contributed by atoms with E-state index in [1.165, 1.54) is 12.4 Å². The zero-order valence-corrected chi connectivity index (χ0v) is 12.8. The molecular formula is C15H19N5O2. The van der Waals surface area contributed by atoms with E-state index in [9.17, 15) is 4.79 Å². The Morgan fingerprint density at radius 1 is 1.45 bits per heavy atom. The highest BCUT2D eigenvalue weighted by molar-refractivity contribution is 5.93. The minimum Gasteiger partial charge on any atom is -0.384 e.